The third-order valence-corrected chi connectivity index (χ3v) is 6.05. The van der Waals surface area contributed by atoms with E-state index in [9.17, 15) is 9.59 Å². The number of anilines is 2. The molecule has 5 nitrogen and oxygen atoms in total. The standard InChI is InChI=1S/C25H33N3O2/c1-18(20-10-6-5-7-11-20)28(19(2)29)17-22-16-23(14-15-24(22)27(3)4)26-25(30)21-12-8-9-13-21/h5-7,10-11,14-16,18,21H,8-9,12-13,17H2,1-4H3,(H,26,30)/t18-/m0/s1. The van der Waals surface area contributed by atoms with Crippen molar-refractivity contribution in [2.24, 2.45) is 5.92 Å². The van der Waals surface area contributed by atoms with Crippen molar-refractivity contribution in [3.8, 4) is 0 Å². The number of hydrogen-bond acceptors (Lipinski definition) is 3. The Morgan fingerprint density at radius 1 is 1.07 bits per heavy atom. The van der Waals surface area contributed by atoms with E-state index in [2.05, 4.69) is 12.2 Å². The molecular weight excluding hydrogens is 374 g/mol. The van der Waals surface area contributed by atoms with Crippen LogP contribution >= 0.6 is 0 Å². The first kappa shape index (κ1) is 21.9. The Balaban J connectivity index is 1.85. The number of nitrogens with zero attached hydrogens (tertiary/aromatic N) is 2. The van der Waals surface area contributed by atoms with E-state index in [4.69, 9.17) is 0 Å². The summed E-state index contributed by atoms with van der Waals surface area (Å²) in [5, 5.41) is 3.09. The molecule has 1 saturated carbocycles. The molecule has 160 valence electrons. The van der Waals surface area contributed by atoms with Gasteiger partial charge in [-0.1, -0.05) is 43.2 Å². The summed E-state index contributed by atoms with van der Waals surface area (Å²) in [4.78, 5) is 29.0. The summed E-state index contributed by atoms with van der Waals surface area (Å²) in [6.07, 6.45) is 4.21. The highest BCUT2D eigenvalue weighted by molar-refractivity contribution is 5.93. The second-order valence-electron chi connectivity index (χ2n) is 8.44. The van der Waals surface area contributed by atoms with Gasteiger partial charge in [0.1, 0.15) is 0 Å². The number of hydrogen-bond donors (Lipinski definition) is 1. The molecule has 2 aromatic carbocycles. The van der Waals surface area contributed by atoms with Crippen LogP contribution in [-0.4, -0.2) is 30.8 Å². The van der Waals surface area contributed by atoms with Gasteiger partial charge in [-0.15, -0.1) is 0 Å². The van der Waals surface area contributed by atoms with Crippen molar-refractivity contribution in [2.75, 3.05) is 24.3 Å². The molecular formula is C25H33N3O2. The zero-order valence-electron chi connectivity index (χ0n) is 18.5. The summed E-state index contributed by atoms with van der Waals surface area (Å²) in [5.41, 5.74) is 3.95. The van der Waals surface area contributed by atoms with Gasteiger partial charge in [-0.2, -0.15) is 0 Å². The number of nitrogens with one attached hydrogen (secondary N) is 1. The Kier molecular flexibility index (Phi) is 7.14. The molecule has 1 fully saturated rings. The van der Waals surface area contributed by atoms with Crippen molar-refractivity contribution in [3.05, 3.63) is 59.7 Å². The van der Waals surface area contributed by atoms with E-state index in [0.717, 1.165) is 48.2 Å². The fourth-order valence-corrected chi connectivity index (χ4v) is 4.27. The van der Waals surface area contributed by atoms with E-state index in [1.165, 1.54) is 0 Å². The zero-order valence-corrected chi connectivity index (χ0v) is 18.5. The molecule has 0 radical (unpaired) electrons. The van der Waals surface area contributed by atoms with Crippen LogP contribution in [0, 0.1) is 5.92 Å². The van der Waals surface area contributed by atoms with Gasteiger partial charge in [0.2, 0.25) is 11.8 Å². The third-order valence-electron chi connectivity index (χ3n) is 6.05. The molecule has 0 heterocycles. The lowest BCUT2D eigenvalue weighted by atomic mass is 10.0. The Morgan fingerprint density at radius 2 is 1.73 bits per heavy atom. The minimum atomic E-state index is -0.0459. The molecule has 5 heteroatoms. The molecule has 0 saturated heterocycles. The van der Waals surface area contributed by atoms with E-state index in [1.54, 1.807) is 6.92 Å². The van der Waals surface area contributed by atoms with Crippen LogP contribution in [0.15, 0.2) is 48.5 Å². The van der Waals surface area contributed by atoms with E-state index in [1.807, 2.05) is 72.4 Å². The van der Waals surface area contributed by atoms with Crippen molar-refractivity contribution in [1.29, 1.82) is 0 Å². The largest absolute Gasteiger partial charge is 0.377 e. The first-order valence-electron chi connectivity index (χ1n) is 10.8. The fraction of sp³-hybridized carbons (Fsp3) is 0.440. The second-order valence-corrected chi connectivity index (χ2v) is 8.44. The van der Waals surface area contributed by atoms with Crippen molar-refractivity contribution in [2.45, 2.75) is 52.1 Å². The summed E-state index contributed by atoms with van der Waals surface area (Å²) in [6, 6.07) is 16.0. The van der Waals surface area contributed by atoms with E-state index in [-0.39, 0.29) is 23.8 Å². The fourth-order valence-electron chi connectivity index (χ4n) is 4.27. The van der Waals surface area contributed by atoms with E-state index in [0.29, 0.717) is 6.54 Å². The maximum absolute atomic E-state index is 12.6. The summed E-state index contributed by atoms with van der Waals surface area (Å²) in [5.74, 6) is 0.252. The van der Waals surface area contributed by atoms with E-state index >= 15 is 0 Å². The SMILES string of the molecule is CC(=O)N(Cc1cc(NC(=O)C2CCCC2)ccc1N(C)C)[C@@H](C)c1ccccc1. The Hall–Kier alpha value is -2.82. The van der Waals surface area contributed by atoms with Gasteiger partial charge in [-0.05, 0) is 49.1 Å². The Morgan fingerprint density at radius 3 is 2.33 bits per heavy atom. The minimum absolute atomic E-state index is 0.0245. The highest BCUT2D eigenvalue weighted by atomic mass is 16.2. The van der Waals surface area contributed by atoms with Gasteiger partial charge in [0.25, 0.3) is 0 Å². The van der Waals surface area contributed by atoms with Crippen molar-refractivity contribution < 1.29 is 9.59 Å². The van der Waals surface area contributed by atoms with Crippen LogP contribution in [0.25, 0.3) is 0 Å². The predicted octanol–water partition coefficient (Wildman–Crippen LogP) is 4.99. The van der Waals surface area contributed by atoms with Gasteiger partial charge >= 0.3 is 0 Å². The molecule has 0 spiro atoms. The smallest absolute Gasteiger partial charge is 0.227 e. The average Bonchev–Trinajstić information content (AvgIpc) is 3.27. The monoisotopic (exact) mass is 407 g/mol. The quantitative estimate of drug-likeness (QED) is 0.703. The Labute approximate surface area is 180 Å². The van der Waals surface area contributed by atoms with Crippen LogP contribution in [0.5, 0.6) is 0 Å². The summed E-state index contributed by atoms with van der Waals surface area (Å²) < 4.78 is 0. The molecule has 1 atom stereocenters. The lowest BCUT2D eigenvalue weighted by Gasteiger charge is -2.30. The molecule has 2 amide bonds. The van der Waals surface area contributed by atoms with Gasteiger partial charge in [-0.3, -0.25) is 9.59 Å². The molecule has 1 N–H and O–H groups in total. The number of amides is 2. The summed E-state index contributed by atoms with van der Waals surface area (Å²) >= 11 is 0. The van der Waals surface area contributed by atoms with E-state index < -0.39 is 0 Å². The molecule has 0 aromatic heterocycles. The van der Waals surface area contributed by atoms with Crippen LogP contribution in [0.3, 0.4) is 0 Å². The zero-order chi connectivity index (χ0) is 21.7. The van der Waals surface area contributed by atoms with Crippen molar-refractivity contribution in [3.63, 3.8) is 0 Å². The van der Waals surface area contributed by atoms with Gasteiger partial charge in [-0.25, -0.2) is 0 Å². The maximum Gasteiger partial charge on any atom is 0.227 e. The number of rotatable bonds is 7. The Bertz CT molecular complexity index is 873. The second kappa shape index (κ2) is 9.79. The molecule has 1 aliphatic rings. The lowest BCUT2D eigenvalue weighted by molar-refractivity contribution is -0.131. The van der Waals surface area contributed by atoms with Crippen LogP contribution in [0.2, 0.25) is 0 Å². The molecule has 1 aliphatic carbocycles. The summed E-state index contributed by atoms with van der Waals surface area (Å²) in [7, 11) is 3.99. The molecule has 30 heavy (non-hydrogen) atoms. The number of carbonyl (C=O) groups excluding carboxylic acids is 2. The van der Waals surface area contributed by atoms with Gasteiger partial charge in [0.05, 0.1) is 6.04 Å². The average molecular weight is 408 g/mol. The van der Waals surface area contributed by atoms with Crippen molar-refractivity contribution in [1.82, 2.24) is 4.90 Å². The van der Waals surface area contributed by atoms with Crippen molar-refractivity contribution >= 4 is 23.2 Å². The normalized spacial score (nSPS) is 14.9. The lowest BCUT2D eigenvalue weighted by Crippen LogP contribution is -2.32. The summed E-state index contributed by atoms with van der Waals surface area (Å²) in [6.45, 7) is 4.14. The third kappa shape index (κ3) is 5.21. The topological polar surface area (TPSA) is 52.7 Å². The molecule has 2 aromatic rings. The van der Waals surface area contributed by atoms with Crippen LogP contribution in [0.4, 0.5) is 11.4 Å². The van der Waals surface area contributed by atoms with Crippen LogP contribution in [-0.2, 0) is 16.1 Å². The first-order valence-corrected chi connectivity index (χ1v) is 10.8. The number of benzene rings is 2. The minimum Gasteiger partial charge on any atom is -0.377 e. The molecule has 3 rings (SSSR count). The number of carbonyl (C=O) groups is 2. The molecule has 0 unspecified atom stereocenters. The molecule has 0 bridgehead atoms. The molecule has 0 aliphatic heterocycles. The highest BCUT2D eigenvalue weighted by Crippen LogP contribution is 2.30. The van der Waals surface area contributed by atoms with Gasteiger partial charge in [0, 0.05) is 44.9 Å². The predicted molar refractivity (Wildman–Crippen MR) is 122 cm³/mol. The van der Waals surface area contributed by atoms with Gasteiger partial charge < -0.3 is 15.1 Å². The van der Waals surface area contributed by atoms with Crippen LogP contribution < -0.4 is 10.2 Å². The maximum atomic E-state index is 12.6. The first-order chi connectivity index (χ1) is 14.4. The van der Waals surface area contributed by atoms with Gasteiger partial charge in [0.15, 0.2) is 0 Å². The van der Waals surface area contributed by atoms with Crippen LogP contribution in [0.1, 0.15) is 56.7 Å². The highest BCUT2D eigenvalue weighted by Gasteiger charge is 2.24.